The van der Waals surface area contributed by atoms with Crippen molar-refractivity contribution in [3.05, 3.63) is 35.4 Å². The highest BCUT2D eigenvalue weighted by Gasteiger charge is 2.02. The van der Waals surface area contributed by atoms with Crippen LogP contribution in [0, 0.1) is 0 Å². The SMILES string of the molecule is CCCCCCCCCCCCCCCCCCCCCCCCCCCCCCCCc1ccc(CCCCCCCCCCCCCCCCCCCCCCCCCCCCCCCC)cc1. The Morgan fingerprint density at radius 3 is 0.357 bits per heavy atom. The smallest absolute Gasteiger partial charge is 0.0279 e. The molecule has 0 amide bonds. The highest BCUT2D eigenvalue weighted by Crippen LogP contribution is 2.20. The Balaban J connectivity index is 1.71. The van der Waals surface area contributed by atoms with E-state index in [0.29, 0.717) is 0 Å². The molecule has 0 heterocycles. The fourth-order valence-electron chi connectivity index (χ4n) is 11.6. The number of rotatable bonds is 62. The van der Waals surface area contributed by atoms with Crippen molar-refractivity contribution in [2.24, 2.45) is 0 Å². The van der Waals surface area contributed by atoms with Crippen molar-refractivity contribution in [2.75, 3.05) is 0 Å². The molecule has 0 aromatic heterocycles. The molecule has 0 spiro atoms. The van der Waals surface area contributed by atoms with Gasteiger partial charge in [-0.25, -0.2) is 0 Å². The monoisotopic (exact) mass is 975 g/mol. The summed E-state index contributed by atoms with van der Waals surface area (Å²) < 4.78 is 0. The van der Waals surface area contributed by atoms with Crippen molar-refractivity contribution in [3.8, 4) is 0 Å². The lowest BCUT2D eigenvalue weighted by molar-refractivity contribution is 0.513. The third-order valence-corrected chi connectivity index (χ3v) is 16.7. The summed E-state index contributed by atoms with van der Waals surface area (Å²) in [4.78, 5) is 0. The maximum atomic E-state index is 2.43. The lowest BCUT2D eigenvalue weighted by Crippen LogP contribution is -1.90. The number of aryl methyl sites for hydroxylation is 2. The average Bonchev–Trinajstić information content (AvgIpc) is 3.38. The zero-order valence-corrected chi connectivity index (χ0v) is 49.2. The van der Waals surface area contributed by atoms with E-state index < -0.39 is 0 Å². The fraction of sp³-hybridized carbons (Fsp3) is 0.914. The second kappa shape index (κ2) is 60.8. The molecule has 0 bridgehead atoms. The van der Waals surface area contributed by atoms with Gasteiger partial charge in [-0.3, -0.25) is 0 Å². The fourth-order valence-corrected chi connectivity index (χ4v) is 11.6. The quantitative estimate of drug-likeness (QED) is 0.0571. The Labute approximate surface area is 445 Å². The predicted octanol–water partition coefficient (Wildman–Crippen LogP) is 26.2. The molecular weight excluding hydrogens is 841 g/mol. The van der Waals surface area contributed by atoms with Gasteiger partial charge in [0, 0.05) is 0 Å². The summed E-state index contributed by atoms with van der Waals surface area (Å²) in [5, 5.41) is 0. The summed E-state index contributed by atoms with van der Waals surface area (Å²) in [6.45, 7) is 4.63. The van der Waals surface area contributed by atoms with Gasteiger partial charge in [-0.2, -0.15) is 0 Å². The molecule has 0 aliphatic heterocycles. The summed E-state index contributed by atoms with van der Waals surface area (Å²) >= 11 is 0. The Morgan fingerprint density at radius 2 is 0.243 bits per heavy atom. The minimum Gasteiger partial charge on any atom is -0.0654 e. The third kappa shape index (κ3) is 55.0. The third-order valence-electron chi connectivity index (χ3n) is 16.7. The van der Waals surface area contributed by atoms with E-state index in [1.165, 1.54) is 398 Å². The molecule has 1 aromatic carbocycles. The molecule has 0 aliphatic rings. The van der Waals surface area contributed by atoms with Gasteiger partial charge < -0.3 is 0 Å². The zero-order valence-electron chi connectivity index (χ0n) is 49.2. The van der Waals surface area contributed by atoms with Crippen LogP contribution in [-0.2, 0) is 12.8 Å². The minimum atomic E-state index is 1.28. The van der Waals surface area contributed by atoms with Gasteiger partial charge in [-0.05, 0) is 36.8 Å². The van der Waals surface area contributed by atoms with E-state index >= 15 is 0 Å². The summed E-state index contributed by atoms with van der Waals surface area (Å²) in [5.74, 6) is 0. The van der Waals surface area contributed by atoms with E-state index in [2.05, 4.69) is 38.1 Å². The molecule has 0 nitrogen and oxygen atoms in total. The van der Waals surface area contributed by atoms with E-state index in [-0.39, 0.29) is 0 Å². The van der Waals surface area contributed by atoms with Gasteiger partial charge in [0.2, 0.25) is 0 Å². The van der Waals surface area contributed by atoms with Gasteiger partial charge in [0.15, 0.2) is 0 Å². The Kier molecular flexibility index (Phi) is 58.4. The largest absolute Gasteiger partial charge is 0.0654 e. The van der Waals surface area contributed by atoms with Crippen LogP contribution in [-0.4, -0.2) is 0 Å². The number of unbranched alkanes of at least 4 members (excludes halogenated alkanes) is 58. The molecule has 0 aliphatic carbocycles. The molecule has 0 saturated carbocycles. The maximum absolute atomic E-state index is 2.43. The number of hydrogen-bond donors (Lipinski definition) is 0. The van der Waals surface area contributed by atoms with Gasteiger partial charge in [0.1, 0.15) is 0 Å². The number of benzene rings is 1. The first-order valence-corrected chi connectivity index (χ1v) is 33.9. The van der Waals surface area contributed by atoms with Gasteiger partial charge in [0.05, 0.1) is 0 Å². The predicted molar refractivity (Wildman–Crippen MR) is 322 cm³/mol. The van der Waals surface area contributed by atoms with Gasteiger partial charge in [-0.1, -0.05) is 411 Å². The molecule has 0 fully saturated rings. The first-order valence-electron chi connectivity index (χ1n) is 33.9. The summed E-state index contributed by atoms with van der Waals surface area (Å²) in [6.07, 6.45) is 90.9. The standard InChI is InChI=1S/C70H134/c1-3-5-7-9-11-13-15-17-19-21-23-25-27-29-31-33-35-37-39-41-43-45-47-49-51-53-55-57-59-61-63-69-65-67-70(68-66-69)64-62-60-58-56-54-52-50-48-46-44-42-40-38-36-34-32-30-28-26-24-22-20-18-16-14-12-10-8-6-4-2/h65-68H,3-64H2,1-2H3. The molecule has 70 heavy (non-hydrogen) atoms. The molecule has 0 N–H and O–H groups in total. The van der Waals surface area contributed by atoms with E-state index in [1.807, 2.05) is 0 Å². The van der Waals surface area contributed by atoms with Gasteiger partial charge in [-0.15, -0.1) is 0 Å². The molecule has 0 saturated heterocycles. The minimum absolute atomic E-state index is 1.28. The molecular formula is C70H134. The topological polar surface area (TPSA) is 0 Å². The van der Waals surface area contributed by atoms with Crippen LogP contribution in [0.2, 0.25) is 0 Å². The summed E-state index contributed by atoms with van der Waals surface area (Å²) in [6, 6.07) is 9.72. The van der Waals surface area contributed by atoms with Crippen molar-refractivity contribution < 1.29 is 0 Å². The number of hydrogen-bond acceptors (Lipinski definition) is 0. The molecule has 0 radical (unpaired) electrons. The Hall–Kier alpha value is -0.780. The van der Waals surface area contributed by atoms with Crippen LogP contribution >= 0.6 is 0 Å². The lowest BCUT2D eigenvalue weighted by atomic mass is 10.0. The summed E-state index contributed by atoms with van der Waals surface area (Å²) in [5.41, 5.74) is 3.12. The van der Waals surface area contributed by atoms with E-state index in [1.54, 1.807) is 11.1 Å². The van der Waals surface area contributed by atoms with E-state index in [0.717, 1.165) is 0 Å². The van der Waals surface area contributed by atoms with Gasteiger partial charge in [0.25, 0.3) is 0 Å². The highest BCUT2D eigenvalue weighted by molar-refractivity contribution is 5.22. The van der Waals surface area contributed by atoms with E-state index in [4.69, 9.17) is 0 Å². The van der Waals surface area contributed by atoms with Crippen LogP contribution < -0.4 is 0 Å². The van der Waals surface area contributed by atoms with Gasteiger partial charge >= 0.3 is 0 Å². The Morgan fingerprint density at radius 1 is 0.143 bits per heavy atom. The first kappa shape index (κ1) is 67.2. The average molecular weight is 976 g/mol. The normalized spacial score (nSPS) is 11.7. The lowest BCUT2D eigenvalue weighted by Gasteiger charge is -2.06. The van der Waals surface area contributed by atoms with Crippen LogP contribution in [0.1, 0.15) is 410 Å². The van der Waals surface area contributed by atoms with E-state index in [9.17, 15) is 0 Å². The van der Waals surface area contributed by atoms with Crippen LogP contribution in [0.4, 0.5) is 0 Å². The molecule has 1 aromatic rings. The second-order valence-electron chi connectivity index (χ2n) is 23.8. The van der Waals surface area contributed by atoms with Crippen molar-refractivity contribution in [3.63, 3.8) is 0 Å². The highest BCUT2D eigenvalue weighted by atomic mass is 14.1. The molecule has 414 valence electrons. The molecule has 0 heteroatoms. The zero-order chi connectivity index (χ0) is 49.8. The van der Waals surface area contributed by atoms with Crippen molar-refractivity contribution in [1.82, 2.24) is 0 Å². The van der Waals surface area contributed by atoms with Crippen LogP contribution in [0.5, 0.6) is 0 Å². The van der Waals surface area contributed by atoms with Crippen molar-refractivity contribution >= 4 is 0 Å². The maximum Gasteiger partial charge on any atom is -0.0279 e. The summed E-state index contributed by atoms with van der Waals surface area (Å²) in [7, 11) is 0. The molecule has 0 atom stereocenters. The first-order chi connectivity index (χ1) is 34.9. The Bertz CT molecular complexity index is 954. The van der Waals surface area contributed by atoms with Crippen LogP contribution in [0.25, 0.3) is 0 Å². The molecule has 0 unspecified atom stereocenters. The van der Waals surface area contributed by atoms with Crippen LogP contribution in [0.3, 0.4) is 0 Å². The second-order valence-corrected chi connectivity index (χ2v) is 23.8. The van der Waals surface area contributed by atoms with Crippen LogP contribution in [0.15, 0.2) is 24.3 Å². The molecule has 1 rings (SSSR count). The van der Waals surface area contributed by atoms with Crippen molar-refractivity contribution in [1.29, 1.82) is 0 Å². The van der Waals surface area contributed by atoms with Crippen molar-refractivity contribution in [2.45, 2.75) is 412 Å².